The number of piperidine rings is 1. The molecule has 1 aliphatic heterocycles. The van der Waals surface area contributed by atoms with Crippen molar-refractivity contribution in [2.45, 2.75) is 32.4 Å². The van der Waals surface area contributed by atoms with Crippen LogP contribution in [0.25, 0.3) is 0 Å². The first-order valence-electron chi connectivity index (χ1n) is 7.50. The molecule has 1 fully saturated rings. The lowest BCUT2D eigenvalue weighted by Gasteiger charge is -2.32. The molecule has 0 spiro atoms. The summed E-state index contributed by atoms with van der Waals surface area (Å²) in [6, 6.07) is 8.24. The van der Waals surface area contributed by atoms with Crippen LogP contribution < -0.4 is 4.74 Å². The third-order valence-corrected chi connectivity index (χ3v) is 3.94. The summed E-state index contributed by atoms with van der Waals surface area (Å²) in [5, 5.41) is 0. The highest BCUT2D eigenvalue weighted by atomic mass is 16.5. The first-order chi connectivity index (χ1) is 10.3. The van der Waals surface area contributed by atoms with E-state index in [0.717, 1.165) is 38.2 Å². The Balaban J connectivity index is 1.50. The molecule has 2 aromatic rings. The van der Waals surface area contributed by atoms with Crippen molar-refractivity contribution >= 4 is 0 Å². The maximum atomic E-state index is 6.13. The number of rotatable bonds is 4. The summed E-state index contributed by atoms with van der Waals surface area (Å²) < 4.78 is 6.13. The molecule has 0 saturated carbocycles. The van der Waals surface area contributed by atoms with Crippen molar-refractivity contribution in [1.82, 2.24) is 14.9 Å². The van der Waals surface area contributed by atoms with E-state index in [9.17, 15) is 0 Å². The quantitative estimate of drug-likeness (QED) is 0.865. The third-order valence-electron chi connectivity index (χ3n) is 3.94. The fourth-order valence-corrected chi connectivity index (χ4v) is 2.72. The summed E-state index contributed by atoms with van der Waals surface area (Å²) in [6.45, 7) is 5.15. The summed E-state index contributed by atoms with van der Waals surface area (Å²) in [6.07, 6.45) is 7.83. The molecule has 110 valence electrons. The van der Waals surface area contributed by atoms with Gasteiger partial charge >= 0.3 is 0 Å². The average molecular weight is 283 g/mol. The van der Waals surface area contributed by atoms with Gasteiger partial charge in [-0.05, 0) is 31.4 Å². The molecule has 0 amide bonds. The lowest BCUT2D eigenvalue weighted by molar-refractivity contribution is 0.0961. The Bertz CT molecular complexity index is 565. The van der Waals surface area contributed by atoms with Crippen LogP contribution in [0.5, 0.6) is 5.75 Å². The molecule has 1 saturated heterocycles. The summed E-state index contributed by atoms with van der Waals surface area (Å²) in [4.78, 5) is 10.6. The molecule has 1 aliphatic rings. The molecule has 0 bridgehead atoms. The van der Waals surface area contributed by atoms with Crippen molar-refractivity contribution in [1.29, 1.82) is 0 Å². The number of aryl methyl sites for hydroxylation is 1. The Kier molecular flexibility index (Phi) is 4.46. The summed E-state index contributed by atoms with van der Waals surface area (Å²) in [7, 11) is 0. The fourth-order valence-electron chi connectivity index (χ4n) is 2.72. The van der Waals surface area contributed by atoms with Crippen LogP contribution in [0.15, 0.2) is 43.0 Å². The van der Waals surface area contributed by atoms with E-state index in [1.807, 2.05) is 24.5 Å². The van der Waals surface area contributed by atoms with Gasteiger partial charge < -0.3 is 4.74 Å². The molecule has 0 radical (unpaired) electrons. The van der Waals surface area contributed by atoms with E-state index < -0.39 is 0 Å². The first-order valence-corrected chi connectivity index (χ1v) is 7.50. The Hall–Kier alpha value is -1.94. The number of hydrogen-bond acceptors (Lipinski definition) is 4. The molecular weight excluding hydrogens is 262 g/mol. The number of aromatic nitrogens is 2. The molecule has 4 heteroatoms. The number of benzene rings is 1. The van der Waals surface area contributed by atoms with Crippen LogP contribution in [0, 0.1) is 6.92 Å². The smallest absolute Gasteiger partial charge is 0.122 e. The Morgan fingerprint density at radius 1 is 1.14 bits per heavy atom. The molecule has 0 unspecified atom stereocenters. The van der Waals surface area contributed by atoms with Crippen LogP contribution in [0.4, 0.5) is 0 Å². The number of nitrogens with zero attached hydrogens (tertiary/aromatic N) is 3. The summed E-state index contributed by atoms with van der Waals surface area (Å²) >= 11 is 0. The van der Waals surface area contributed by atoms with Gasteiger partial charge in [-0.1, -0.05) is 18.2 Å². The first kappa shape index (κ1) is 14.0. The van der Waals surface area contributed by atoms with E-state index in [1.165, 1.54) is 11.1 Å². The van der Waals surface area contributed by atoms with Gasteiger partial charge in [0.2, 0.25) is 0 Å². The van der Waals surface area contributed by atoms with Crippen LogP contribution in [-0.2, 0) is 6.54 Å². The van der Waals surface area contributed by atoms with Crippen LogP contribution in [0.3, 0.4) is 0 Å². The van der Waals surface area contributed by atoms with E-state index in [0.29, 0.717) is 6.10 Å². The van der Waals surface area contributed by atoms with Gasteiger partial charge in [-0.15, -0.1) is 0 Å². The largest absolute Gasteiger partial charge is 0.490 e. The van der Waals surface area contributed by atoms with Gasteiger partial charge in [0.25, 0.3) is 0 Å². The highest BCUT2D eigenvalue weighted by Gasteiger charge is 2.21. The number of likely N-dealkylation sites (tertiary alicyclic amines) is 1. The number of para-hydroxylation sites is 1. The summed E-state index contributed by atoms with van der Waals surface area (Å²) in [5.74, 6) is 1.02. The van der Waals surface area contributed by atoms with Crippen molar-refractivity contribution in [3.05, 3.63) is 54.1 Å². The Morgan fingerprint density at radius 3 is 2.57 bits per heavy atom. The van der Waals surface area contributed by atoms with Gasteiger partial charge in [0.15, 0.2) is 0 Å². The van der Waals surface area contributed by atoms with Crippen LogP contribution >= 0.6 is 0 Å². The summed E-state index contributed by atoms with van der Waals surface area (Å²) in [5.41, 5.74) is 2.39. The van der Waals surface area contributed by atoms with Gasteiger partial charge in [0.05, 0.1) is 0 Å². The molecule has 1 aromatic heterocycles. The van der Waals surface area contributed by atoms with Crippen LogP contribution in [-0.4, -0.2) is 34.1 Å². The second kappa shape index (κ2) is 6.68. The van der Waals surface area contributed by atoms with E-state index in [-0.39, 0.29) is 0 Å². The molecule has 0 aliphatic carbocycles. The van der Waals surface area contributed by atoms with E-state index in [1.54, 1.807) is 6.33 Å². The second-order valence-electron chi connectivity index (χ2n) is 5.61. The highest BCUT2D eigenvalue weighted by molar-refractivity contribution is 5.31. The van der Waals surface area contributed by atoms with Crippen molar-refractivity contribution < 1.29 is 4.74 Å². The molecular formula is C17H21N3O. The minimum absolute atomic E-state index is 0.328. The zero-order valence-electron chi connectivity index (χ0n) is 12.4. The lowest BCUT2D eigenvalue weighted by atomic mass is 10.1. The zero-order chi connectivity index (χ0) is 14.5. The molecule has 21 heavy (non-hydrogen) atoms. The molecule has 1 aromatic carbocycles. The third kappa shape index (κ3) is 3.79. The molecule has 4 nitrogen and oxygen atoms in total. The monoisotopic (exact) mass is 283 g/mol. The van der Waals surface area contributed by atoms with Gasteiger partial charge in [-0.25, -0.2) is 9.97 Å². The van der Waals surface area contributed by atoms with Crippen molar-refractivity contribution in [3.63, 3.8) is 0 Å². The molecule has 0 N–H and O–H groups in total. The second-order valence-corrected chi connectivity index (χ2v) is 5.61. The lowest BCUT2D eigenvalue weighted by Crippen LogP contribution is -2.37. The maximum Gasteiger partial charge on any atom is 0.122 e. The fraction of sp³-hybridized carbons (Fsp3) is 0.412. The van der Waals surface area contributed by atoms with E-state index >= 15 is 0 Å². The number of ether oxygens (including phenoxy) is 1. The van der Waals surface area contributed by atoms with Crippen molar-refractivity contribution in [2.75, 3.05) is 13.1 Å². The van der Waals surface area contributed by atoms with E-state index in [2.05, 4.69) is 33.9 Å². The SMILES string of the molecule is Cc1ccccc1OC1CCN(Cc2cncnc2)CC1. The van der Waals surface area contributed by atoms with Crippen molar-refractivity contribution in [2.24, 2.45) is 0 Å². The molecule has 3 rings (SSSR count). The number of hydrogen-bond donors (Lipinski definition) is 0. The van der Waals surface area contributed by atoms with Gasteiger partial charge in [0.1, 0.15) is 18.2 Å². The normalized spacial score (nSPS) is 16.8. The predicted molar refractivity (Wildman–Crippen MR) is 82.1 cm³/mol. The molecule has 2 heterocycles. The Morgan fingerprint density at radius 2 is 1.86 bits per heavy atom. The standard InChI is InChI=1S/C17H21N3O/c1-14-4-2-3-5-17(14)21-16-6-8-20(9-7-16)12-15-10-18-13-19-11-15/h2-5,10-11,13,16H,6-9,12H2,1H3. The molecule has 0 atom stereocenters. The van der Waals surface area contributed by atoms with Gasteiger partial charge in [-0.2, -0.15) is 0 Å². The van der Waals surface area contributed by atoms with Crippen molar-refractivity contribution in [3.8, 4) is 5.75 Å². The highest BCUT2D eigenvalue weighted by Crippen LogP contribution is 2.22. The Labute approximate surface area is 125 Å². The van der Waals surface area contributed by atoms with Crippen LogP contribution in [0.1, 0.15) is 24.0 Å². The van der Waals surface area contributed by atoms with Gasteiger partial charge in [-0.3, -0.25) is 4.90 Å². The van der Waals surface area contributed by atoms with E-state index in [4.69, 9.17) is 4.74 Å². The van der Waals surface area contributed by atoms with Crippen LogP contribution in [0.2, 0.25) is 0 Å². The maximum absolute atomic E-state index is 6.13. The minimum atomic E-state index is 0.328. The minimum Gasteiger partial charge on any atom is -0.490 e. The zero-order valence-corrected chi connectivity index (χ0v) is 12.4. The predicted octanol–water partition coefficient (Wildman–Crippen LogP) is 2.83. The average Bonchev–Trinajstić information content (AvgIpc) is 2.52. The van der Waals surface area contributed by atoms with Gasteiger partial charge in [0, 0.05) is 37.6 Å². The topological polar surface area (TPSA) is 38.2 Å².